The Kier molecular flexibility index (Phi) is 3.60. The summed E-state index contributed by atoms with van der Waals surface area (Å²) in [7, 11) is 3.04. The highest BCUT2D eigenvalue weighted by Gasteiger charge is 2.37. The van der Waals surface area contributed by atoms with E-state index >= 15 is 0 Å². The lowest BCUT2D eigenvalue weighted by molar-refractivity contribution is -0.433. The highest BCUT2D eigenvalue weighted by Crippen LogP contribution is 2.30. The minimum absolute atomic E-state index is 0.0303. The quantitative estimate of drug-likeness (QED) is 0.675. The van der Waals surface area contributed by atoms with Crippen LogP contribution >= 0.6 is 0 Å². The van der Waals surface area contributed by atoms with Crippen molar-refractivity contribution in [1.29, 1.82) is 0 Å². The van der Waals surface area contributed by atoms with Gasteiger partial charge in [-0.3, -0.25) is 15.0 Å². The van der Waals surface area contributed by atoms with Crippen LogP contribution in [-0.4, -0.2) is 30.0 Å². The van der Waals surface area contributed by atoms with Crippen molar-refractivity contribution in [3.63, 3.8) is 0 Å². The molecule has 0 radical (unpaired) electrons. The van der Waals surface area contributed by atoms with Crippen LogP contribution in [0.2, 0.25) is 0 Å². The Bertz CT molecular complexity index is 580. The van der Waals surface area contributed by atoms with Crippen LogP contribution in [0.1, 0.15) is 18.5 Å². The molecule has 7 heteroatoms. The van der Waals surface area contributed by atoms with Gasteiger partial charge in [0.2, 0.25) is 0 Å². The predicted molar refractivity (Wildman–Crippen MR) is 71.7 cm³/mol. The van der Waals surface area contributed by atoms with Gasteiger partial charge in [0.05, 0.1) is 17.7 Å². The molecular formula is C13H15N3O4. The molecule has 2 rings (SSSR count). The van der Waals surface area contributed by atoms with Crippen LogP contribution in [0.4, 0.5) is 4.79 Å². The van der Waals surface area contributed by atoms with Crippen molar-refractivity contribution < 1.29 is 14.5 Å². The molecule has 0 fully saturated rings. The molecule has 0 aromatic heterocycles. The number of amides is 2. The summed E-state index contributed by atoms with van der Waals surface area (Å²) in [4.78, 5) is 23.9. The molecular weight excluding hydrogens is 262 g/mol. The van der Waals surface area contributed by atoms with Gasteiger partial charge in [-0.15, -0.1) is 0 Å². The van der Waals surface area contributed by atoms with E-state index in [1.165, 1.54) is 11.9 Å². The van der Waals surface area contributed by atoms with Crippen molar-refractivity contribution in [2.24, 2.45) is 0 Å². The Hall–Kier alpha value is -2.57. The fourth-order valence-electron chi connectivity index (χ4n) is 2.10. The molecule has 1 aromatic rings. The number of rotatable bonds is 3. The van der Waals surface area contributed by atoms with Gasteiger partial charge >= 0.3 is 6.03 Å². The number of nitrogens with zero attached hydrogens (tertiary/aromatic N) is 2. The summed E-state index contributed by atoms with van der Waals surface area (Å²) in [6.45, 7) is 1.56. The Labute approximate surface area is 116 Å². The summed E-state index contributed by atoms with van der Waals surface area (Å²) < 4.78 is 5.05. The molecule has 0 unspecified atom stereocenters. The molecule has 0 saturated carbocycles. The number of benzene rings is 1. The number of urea groups is 1. The lowest BCUT2D eigenvalue weighted by Gasteiger charge is -2.29. The second kappa shape index (κ2) is 5.20. The number of nitrogens with one attached hydrogen (secondary N) is 1. The molecule has 7 nitrogen and oxygen atoms in total. The zero-order valence-corrected chi connectivity index (χ0v) is 11.4. The smallest absolute Gasteiger partial charge is 0.322 e. The molecule has 1 heterocycles. The van der Waals surface area contributed by atoms with E-state index in [1.54, 1.807) is 38.3 Å². The minimum atomic E-state index is -0.764. The number of allylic oxidation sites excluding steroid dienone is 1. The lowest BCUT2D eigenvalue weighted by Crippen LogP contribution is -2.45. The van der Waals surface area contributed by atoms with E-state index in [0.29, 0.717) is 17.0 Å². The first kappa shape index (κ1) is 13.9. The molecule has 106 valence electrons. The van der Waals surface area contributed by atoms with E-state index in [2.05, 4.69) is 5.32 Å². The lowest BCUT2D eigenvalue weighted by atomic mass is 10.0. The maximum absolute atomic E-state index is 11.8. The standard InChI is InChI=1S/C13H15N3O4/c1-8-12(16(18)19)11(14-13(17)15(8)2)9-4-6-10(20-3)7-5-9/h4-7,11H,1-3H3,(H,14,17)/t11-/m0/s1. The third-order valence-electron chi connectivity index (χ3n) is 3.37. The number of hydrogen-bond donors (Lipinski definition) is 1. The Morgan fingerprint density at radius 1 is 1.35 bits per heavy atom. The van der Waals surface area contributed by atoms with Crippen molar-refractivity contribution in [2.75, 3.05) is 14.2 Å². The summed E-state index contributed by atoms with van der Waals surface area (Å²) in [5.41, 5.74) is 0.940. The zero-order chi connectivity index (χ0) is 14.9. The number of hydrogen-bond acceptors (Lipinski definition) is 4. The SMILES string of the molecule is COc1ccc([C@@H]2NC(=O)N(C)C(C)=C2[N+](=O)[O-])cc1. The van der Waals surface area contributed by atoms with Crippen molar-refractivity contribution in [3.05, 3.63) is 51.3 Å². The zero-order valence-electron chi connectivity index (χ0n) is 11.4. The third kappa shape index (κ3) is 2.29. The van der Waals surface area contributed by atoms with Gasteiger partial charge in [0.25, 0.3) is 5.70 Å². The molecule has 1 aromatic carbocycles. The Morgan fingerprint density at radius 3 is 2.45 bits per heavy atom. The first-order valence-corrected chi connectivity index (χ1v) is 5.99. The first-order chi connectivity index (χ1) is 9.45. The van der Waals surface area contributed by atoms with Gasteiger partial charge in [0, 0.05) is 7.05 Å². The van der Waals surface area contributed by atoms with Gasteiger partial charge in [-0.1, -0.05) is 12.1 Å². The third-order valence-corrected chi connectivity index (χ3v) is 3.37. The minimum Gasteiger partial charge on any atom is -0.497 e. The summed E-state index contributed by atoms with van der Waals surface area (Å²) in [6, 6.07) is 5.67. The fourth-order valence-corrected chi connectivity index (χ4v) is 2.10. The normalized spacial score (nSPS) is 18.9. The summed E-state index contributed by atoms with van der Waals surface area (Å²) in [6.07, 6.45) is 0. The van der Waals surface area contributed by atoms with E-state index < -0.39 is 11.0 Å². The average Bonchev–Trinajstić information content (AvgIpc) is 2.44. The van der Waals surface area contributed by atoms with Gasteiger partial charge in [0.15, 0.2) is 0 Å². The highest BCUT2D eigenvalue weighted by atomic mass is 16.6. The van der Waals surface area contributed by atoms with Crippen molar-refractivity contribution in [3.8, 4) is 5.75 Å². The molecule has 1 aliphatic rings. The van der Waals surface area contributed by atoms with E-state index in [4.69, 9.17) is 4.74 Å². The van der Waals surface area contributed by atoms with Gasteiger partial charge < -0.3 is 10.1 Å². The van der Waals surface area contributed by atoms with Crippen LogP contribution in [-0.2, 0) is 0 Å². The average molecular weight is 277 g/mol. The number of nitro groups is 1. The molecule has 0 bridgehead atoms. The van der Waals surface area contributed by atoms with Gasteiger partial charge in [-0.25, -0.2) is 4.79 Å². The summed E-state index contributed by atoms with van der Waals surface area (Å²) in [5.74, 6) is 0.649. The van der Waals surface area contributed by atoms with Crippen molar-refractivity contribution in [2.45, 2.75) is 13.0 Å². The number of methoxy groups -OCH3 is 1. The van der Waals surface area contributed by atoms with Crippen LogP contribution in [0.25, 0.3) is 0 Å². The summed E-state index contributed by atoms with van der Waals surface area (Å²) >= 11 is 0. The largest absolute Gasteiger partial charge is 0.497 e. The van der Waals surface area contributed by atoms with E-state index in [0.717, 1.165) is 0 Å². The molecule has 0 spiro atoms. The highest BCUT2D eigenvalue weighted by molar-refractivity contribution is 5.78. The molecule has 1 N–H and O–H groups in total. The second-order valence-electron chi connectivity index (χ2n) is 4.44. The molecule has 0 saturated heterocycles. The van der Waals surface area contributed by atoms with Crippen LogP contribution < -0.4 is 10.1 Å². The molecule has 1 aliphatic heterocycles. The van der Waals surface area contributed by atoms with Crippen LogP contribution in [0.15, 0.2) is 35.7 Å². The van der Waals surface area contributed by atoms with E-state index in [9.17, 15) is 14.9 Å². The Morgan fingerprint density at radius 2 is 1.95 bits per heavy atom. The maximum Gasteiger partial charge on any atom is 0.322 e. The van der Waals surface area contributed by atoms with Gasteiger partial charge in [-0.2, -0.15) is 0 Å². The molecule has 0 aliphatic carbocycles. The van der Waals surface area contributed by atoms with Crippen molar-refractivity contribution >= 4 is 6.03 Å². The maximum atomic E-state index is 11.8. The molecule has 20 heavy (non-hydrogen) atoms. The van der Waals surface area contributed by atoms with Crippen LogP contribution in [0, 0.1) is 10.1 Å². The van der Waals surface area contributed by atoms with Crippen LogP contribution in [0.5, 0.6) is 5.75 Å². The first-order valence-electron chi connectivity index (χ1n) is 5.99. The van der Waals surface area contributed by atoms with E-state index in [1.807, 2.05) is 0 Å². The summed E-state index contributed by atoms with van der Waals surface area (Å²) in [5, 5.41) is 13.9. The molecule has 1 atom stereocenters. The Balaban J connectivity index is 2.47. The van der Waals surface area contributed by atoms with Gasteiger partial charge in [0.1, 0.15) is 11.8 Å². The van der Waals surface area contributed by atoms with E-state index in [-0.39, 0.29) is 11.7 Å². The van der Waals surface area contributed by atoms with Crippen molar-refractivity contribution in [1.82, 2.24) is 10.2 Å². The number of carbonyl (C=O) groups excluding carboxylic acids is 1. The monoisotopic (exact) mass is 277 g/mol. The second-order valence-corrected chi connectivity index (χ2v) is 4.44. The number of ether oxygens (including phenoxy) is 1. The van der Waals surface area contributed by atoms with Gasteiger partial charge in [-0.05, 0) is 24.6 Å². The number of carbonyl (C=O) groups is 1. The fraction of sp³-hybridized carbons (Fsp3) is 0.308. The topological polar surface area (TPSA) is 84.7 Å². The molecule has 2 amide bonds. The van der Waals surface area contributed by atoms with Crippen LogP contribution in [0.3, 0.4) is 0 Å². The predicted octanol–water partition coefficient (Wildman–Crippen LogP) is 1.90.